The van der Waals surface area contributed by atoms with E-state index in [4.69, 9.17) is 11.6 Å². The molecule has 2 aromatic carbocycles. The van der Waals surface area contributed by atoms with Crippen LogP contribution in [0.1, 0.15) is 34.5 Å². The number of benzene rings is 2. The molecule has 20 heavy (non-hydrogen) atoms. The minimum atomic E-state index is -0.619. The zero-order valence-electron chi connectivity index (χ0n) is 11.3. The molecule has 0 fully saturated rings. The van der Waals surface area contributed by atoms with Crippen LogP contribution in [0.4, 0.5) is 4.39 Å². The Balaban J connectivity index is 2.17. The Labute approximate surface area is 122 Å². The summed E-state index contributed by atoms with van der Waals surface area (Å²) in [6.45, 7) is 3.84. The molecule has 1 N–H and O–H groups in total. The molecule has 4 heteroatoms. The summed E-state index contributed by atoms with van der Waals surface area (Å²) in [4.78, 5) is 12.1. The molecule has 0 aromatic heterocycles. The molecule has 104 valence electrons. The van der Waals surface area contributed by atoms with Crippen LogP contribution in [0.25, 0.3) is 0 Å². The van der Waals surface area contributed by atoms with Gasteiger partial charge < -0.3 is 5.32 Å². The molecule has 1 amide bonds. The van der Waals surface area contributed by atoms with Crippen molar-refractivity contribution in [3.8, 4) is 0 Å². The molecule has 2 aromatic rings. The van der Waals surface area contributed by atoms with Gasteiger partial charge in [-0.3, -0.25) is 4.79 Å². The first-order valence-electron chi connectivity index (χ1n) is 6.30. The quantitative estimate of drug-likeness (QED) is 0.898. The van der Waals surface area contributed by atoms with Crippen LogP contribution in [0.15, 0.2) is 42.5 Å². The zero-order valence-corrected chi connectivity index (χ0v) is 12.0. The minimum absolute atomic E-state index is 0.00478. The Morgan fingerprint density at radius 2 is 1.95 bits per heavy atom. The third-order valence-corrected chi connectivity index (χ3v) is 3.41. The first-order chi connectivity index (χ1) is 9.49. The fourth-order valence-corrected chi connectivity index (χ4v) is 2.26. The number of hydrogen-bond acceptors (Lipinski definition) is 1. The average molecular weight is 292 g/mol. The second kappa shape index (κ2) is 6.06. The predicted molar refractivity (Wildman–Crippen MR) is 78.5 cm³/mol. The van der Waals surface area contributed by atoms with Crippen LogP contribution < -0.4 is 5.32 Å². The Morgan fingerprint density at radius 1 is 1.25 bits per heavy atom. The summed E-state index contributed by atoms with van der Waals surface area (Å²) in [6.07, 6.45) is 0. The molecule has 0 aliphatic heterocycles. The lowest BCUT2D eigenvalue weighted by Gasteiger charge is -2.16. The molecule has 0 aliphatic carbocycles. The minimum Gasteiger partial charge on any atom is -0.345 e. The fraction of sp³-hybridized carbons (Fsp3) is 0.188. The first-order valence-corrected chi connectivity index (χ1v) is 6.68. The monoisotopic (exact) mass is 291 g/mol. The first kappa shape index (κ1) is 14.5. The van der Waals surface area contributed by atoms with E-state index in [2.05, 4.69) is 5.32 Å². The van der Waals surface area contributed by atoms with Crippen LogP contribution in [-0.4, -0.2) is 5.91 Å². The fourth-order valence-electron chi connectivity index (χ4n) is 2.10. The van der Waals surface area contributed by atoms with Gasteiger partial charge in [0.25, 0.3) is 5.91 Å². The summed E-state index contributed by atoms with van der Waals surface area (Å²) in [7, 11) is 0. The number of rotatable bonds is 3. The molecule has 0 radical (unpaired) electrons. The second-order valence-electron chi connectivity index (χ2n) is 4.68. The lowest BCUT2D eigenvalue weighted by Crippen LogP contribution is -2.27. The van der Waals surface area contributed by atoms with Crippen LogP contribution in [0, 0.1) is 12.7 Å². The van der Waals surface area contributed by atoms with E-state index in [-0.39, 0.29) is 16.6 Å². The van der Waals surface area contributed by atoms with Gasteiger partial charge in [-0.15, -0.1) is 0 Å². The second-order valence-corrected chi connectivity index (χ2v) is 5.11. The number of halogens is 2. The lowest BCUT2D eigenvalue weighted by molar-refractivity contribution is 0.0936. The number of carbonyl (C=O) groups excluding carboxylic acids is 1. The Kier molecular flexibility index (Phi) is 4.40. The SMILES string of the molecule is Cc1ccccc1C(C)NC(=O)c1ccc(Cl)cc1F. The highest BCUT2D eigenvalue weighted by Gasteiger charge is 2.16. The van der Waals surface area contributed by atoms with Crippen molar-refractivity contribution in [2.45, 2.75) is 19.9 Å². The van der Waals surface area contributed by atoms with Crippen molar-refractivity contribution in [3.63, 3.8) is 0 Å². The smallest absolute Gasteiger partial charge is 0.254 e. The highest BCUT2D eigenvalue weighted by atomic mass is 35.5. The maximum atomic E-state index is 13.7. The summed E-state index contributed by atoms with van der Waals surface area (Å²) in [5, 5.41) is 3.06. The largest absolute Gasteiger partial charge is 0.345 e. The van der Waals surface area contributed by atoms with Crippen LogP contribution in [0.3, 0.4) is 0 Å². The summed E-state index contributed by atoms with van der Waals surface area (Å²) in [5.41, 5.74) is 2.09. The van der Waals surface area contributed by atoms with Gasteiger partial charge in [0, 0.05) is 5.02 Å². The molecular formula is C16H15ClFNO. The maximum Gasteiger partial charge on any atom is 0.254 e. The molecular weight excluding hydrogens is 277 g/mol. The normalized spacial score (nSPS) is 12.0. The number of amides is 1. The van der Waals surface area contributed by atoms with E-state index in [1.54, 1.807) is 0 Å². The lowest BCUT2D eigenvalue weighted by atomic mass is 10.0. The molecule has 0 heterocycles. The third kappa shape index (κ3) is 3.17. The van der Waals surface area contributed by atoms with Crippen molar-refractivity contribution in [2.24, 2.45) is 0 Å². The van der Waals surface area contributed by atoms with E-state index in [1.807, 2.05) is 38.1 Å². The Morgan fingerprint density at radius 3 is 2.60 bits per heavy atom. The van der Waals surface area contributed by atoms with Gasteiger partial charge in [-0.05, 0) is 43.2 Å². The van der Waals surface area contributed by atoms with Gasteiger partial charge in [0.1, 0.15) is 5.82 Å². The van der Waals surface area contributed by atoms with E-state index in [1.165, 1.54) is 12.1 Å². The van der Waals surface area contributed by atoms with E-state index < -0.39 is 11.7 Å². The Bertz CT molecular complexity index is 642. The van der Waals surface area contributed by atoms with Crippen molar-refractivity contribution in [2.75, 3.05) is 0 Å². The molecule has 0 bridgehead atoms. The molecule has 0 spiro atoms. The van der Waals surface area contributed by atoms with Crippen molar-refractivity contribution in [1.82, 2.24) is 5.32 Å². The van der Waals surface area contributed by atoms with Gasteiger partial charge in [-0.1, -0.05) is 35.9 Å². The average Bonchev–Trinajstić information content (AvgIpc) is 2.38. The number of carbonyl (C=O) groups is 1. The molecule has 2 rings (SSSR count). The summed E-state index contributed by atoms with van der Waals surface area (Å²) >= 11 is 5.67. The summed E-state index contributed by atoms with van der Waals surface area (Å²) < 4.78 is 13.7. The number of nitrogens with one attached hydrogen (secondary N) is 1. The van der Waals surface area contributed by atoms with E-state index >= 15 is 0 Å². The Hall–Kier alpha value is -1.87. The molecule has 0 saturated heterocycles. The van der Waals surface area contributed by atoms with Gasteiger partial charge in [-0.25, -0.2) is 4.39 Å². The van der Waals surface area contributed by atoms with Gasteiger partial charge in [0.2, 0.25) is 0 Å². The van der Waals surface area contributed by atoms with Crippen LogP contribution in [0.5, 0.6) is 0 Å². The van der Waals surface area contributed by atoms with Crippen LogP contribution in [0.2, 0.25) is 5.02 Å². The van der Waals surface area contributed by atoms with Crippen LogP contribution >= 0.6 is 11.6 Å². The molecule has 2 nitrogen and oxygen atoms in total. The highest BCUT2D eigenvalue weighted by Crippen LogP contribution is 2.19. The number of hydrogen-bond donors (Lipinski definition) is 1. The van der Waals surface area contributed by atoms with Crippen molar-refractivity contribution in [1.29, 1.82) is 0 Å². The van der Waals surface area contributed by atoms with Gasteiger partial charge in [0.15, 0.2) is 0 Å². The van der Waals surface area contributed by atoms with E-state index in [0.29, 0.717) is 0 Å². The van der Waals surface area contributed by atoms with E-state index in [9.17, 15) is 9.18 Å². The van der Waals surface area contributed by atoms with Crippen LogP contribution in [-0.2, 0) is 0 Å². The topological polar surface area (TPSA) is 29.1 Å². The molecule has 0 aliphatic rings. The molecule has 1 atom stereocenters. The van der Waals surface area contributed by atoms with Crippen molar-refractivity contribution >= 4 is 17.5 Å². The standard InChI is InChI=1S/C16H15ClFNO/c1-10-5-3-4-6-13(10)11(2)19-16(20)14-8-7-12(17)9-15(14)18/h3-9,11H,1-2H3,(H,19,20). The summed E-state index contributed by atoms with van der Waals surface area (Å²) in [5.74, 6) is -1.07. The zero-order chi connectivity index (χ0) is 14.7. The maximum absolute atomic E-state index is 13.7. The van der Waals surface area contributed by atoms with Crippen molar-refractivity contribution < 1.29 is 9.18 Å². The third-order valence-electron chi connectivity index (χ3n) is 3.18. The van der Waals surface area contributed by atoms with Gasteiger partial charge in [-0.2, -0.15) is 0 Å². The van der Waals surface area contributed by atoms with Gasteiger partial charge in [0.05, 0.1) is 11.6 Å². The molecule has 0 saturated carbocycles. The summed E-state index contributed by atoms with van der Waals surface area (Å²) in [6, 6.07) is 11.6. The van der Waals surface area contributed by atoms with Crippen molar-refractivity contribution in [3.05, 3.63) is 70.0 Å². The molecule has 1 unspecified atom stereocenters. The predicted octanol–water partition coefficient (Wildman–Crippen LogP) is 4.28. The van der Waals surface area contributed by atoms with E-state index in [0.717, 1.165) is 17.2 Å². The highest BCUT2D eigenvalue weighted by molar-refractivity contribution is 6.30. The van der Waals surface area contributed by atoms with Gasteiger partial charge >= 0.3 is 0 Å². The number of aryl methyl sites for hydroxylation is 1.